The highest BCUT2D eigenvalue weighted by Gasteiger charge is 2.22. The topological polar surface area (TPSA) is 82.6 Å². The van der Waals surface area contributed by atoms with E-state index in [1.807, 2.05) is 0 Å². The minimum Gasteiger partial charge on any atom is -0.755 e. The van der Waals surface area contributed by atoms with Crippen molar-refractivity contribution < 1.29 is 27.1 Å². The Morgan fingerprint density at radius 2 is 2.04 bits per heavy atom. The predicted octanol–water partition coefficient (Wildman–Crippen LogP) is 2.84. The van der Waals surface area contributed by atoms with E-state index in [2.05, 4.69) is 25.7 Å². The maximum atomic E-state index is 14.2. The summed E-state index contributed by atoms with van der Waals surface area (Å²) in [5.74, 6) is -3.48. The summed E-state index contributed by atoms with van der Waals surface area (Å²) in [6.07, 6.45) is 1.30. The minimum atomic E-state index is -2.97. The zero-order chi connectivity index (χ0) is 17.1. The molecule has 0 aliphatic heterocycles. The predicted molar refractivity (Wildman–Crippen MR) is 80.7 cm³/mol. The van der Waals surface area contributed by atoms with Gasteiger partial charge in [0, 0.05) is 16.7 Å². The number of nitrogens with zero attached hydrogens (tertiary/aromatic N) is 2. The van der Waals surface area contributed by atoms with Crippen molar-refractivity contribution in [2.24, 2.45) is 0 Å². The van der Waals surface area contributed by atoms with Gasteiger partial charge in [-0.05, 0) is 34.1 Å². The first-order valence-electron chi connectivity index (χ1n) is 5.93. The summed E-state index contributed by atoms with van der Waals surface area (Å²) in [5, 5.41) is 0. The Hall–Kier alpha value is -1.91. The highest BCUT2D eigenvalue weighted by Crippen LogP contribution is 2.30. The molecule has 1 heterocycles. The van der Waals surface area contributed by atoms with Crippen molar-refractivity contribution in [2.45, 2.75) is 0 Å². The Morgan fingerprint density at radius 3 is 2.57 bits per heavy atom. The second-order valence-electron chi connectivity index (χ2n) is 4.12. The van der Waals surface area contributed by atoms with Gasteiger partial charge in [0.1, 0.15) is 17.5 Å². The number of esters is 1. The van der Waals surface area contributed by atoms with Crippen LogP contribution in [0.4, 0.5) is 20.3 Å². The highest BCUT2D eigenvalue weighted by atomic mass is 79.9. The summed E-state index contributed by atoms with van der Waals surface area (Å²) < 4.78 is 56.3. The van der Waals surface area contributed by atoms with Crippen LogP contribution in [0.15, 0.2) is 34.9 Å². The van der Waals surface area contributed by atoms with Gasteiger partial charge in [-0.15, -0.1) is 0 Å². The molecule has 23 heavy (non-hydrogen) atoms. The molecule has 122 valence electrons. The fraction of sp³-hybridized carbons (Fsp3) is 0.0769. The number of rotatable bonds is 4. The van der Waals surface area contributed by atoms with E-state index < -0.39 is 40.1 Å². The number of anilines is 2. The Morgan fingerprint density at radius 1 is 1.35 bits per heavy atom. The van der Waals surface area contributed by atoms with Crippen molar-refractivity contribution in [3.63, 3.8) is 0 Å². The van der Waals surface area contributed by atoms with E-state index in [1.54, 1.807) is 0 Å². The maximum absolute atomic E-state index is 14.2. The van der Waals surface area contributed by atoms with Crippen molar-refractivity contribution in [1.82, 2.24) is 4.98 Å². The lowest BCUT2D eigenvalue weighted by Crippen LogP contribution is -2.22. The van der Waals surface area contributed by atoms with Gasteiger partial charge in [0.2, 0.25) is 0 Å². The quantitative estimate of drug-likeness (QED) is 0.576. The van der Waals surface area contributed by atoms with Crippen LogP contribution in [-0.2, 0) is 16.0 Å². The SMILES string of the molecule is COC(=O)c1cc(F)c(N(c2ccc(Br)cn2)S(=O)[O-])cc1F. The molecule has 6 nitrogen and oxygen atoms in total. The highest BCUT2D eigenvalue weighted by molar-refractivity contribution is 9.10. The monoisotopic (exact) mass is 405 g/mol. The molecule has 0 spiro atoms. The van der Waals surface area contributed by atoms with Crippen LogP contribution in [0.2, 0.25) is 0 Å². The zero-order valence-electron chi connectivity index (χ0n) is 11.5. The van der Waals surface area contributed by atoms with E-state index in [9.17, 15) is 22.3 Å². The Bertz CT molecular complexity index is 773. The van der Waals surface area contributed by atoms with E-state index in [0.717, 1.165) is 7.11 Å². The van der Waals surface area contributed by atoms with Gasteiger partial charge in [-0.2, -0.15) is 0 Å². The first-order chi connectivity index (χ1) is 10.8. The van der Waals surface area contributed by atoms with E-state index in [1.165, 1.54) is 18.3 Å². The van der Waals surface area contributed by atoms with Crippen LogP contribution in [0.5, 0.6) is 0 Å². The number of aromatic nitrogens is 1. The van der Waals surface area contributed by atoms with Crippen LogP contribution in [-0.4, -0.2) is 26.8 Å². The van der Waals surface area contributed by atoms with Gasteiger partial charge >= 0.3 is 5.97 Å². The molecule has 1 aromatic carbocycles. The number of hydrogen-bond donors (Lipinski definition) is 0. The van der Waals surface area contributed by atoms with Gasteiger partial charge in [-0.1, -0.05) is 0 Å². The fourth-order valence-corrected chi connectivity index (χ4v) is 2.52. The maximum Gasteiger partial charge on any atom is 0.340 e. The molecule has 0 amide bonds. The van der Waals surface area contributed by atoms with E-state index in [4.69, 9.17) is 0 Å². The number of benzene rings is 1. The normalized spacial score (nSPS) is 11.9. The first kappa shape index (κ1) is 17.4. The molecular formula is C13H8BrF2N2O4S-. The van der Waals surface area contributed by atoms with Crippen molar-refractivity contribution in [2.75, 3.05) is 11.4 Å². The lowest BCUT2D eigenvalue weighted by molar-refractivity contribution is 0.0595. The van der Waals surface area contributed by atoms with Crippen LogP contribution in [0.1, 0.15) is 10.4 Å². The lowest BCUT2D eigenvalue weighted by Gasteiger charge is -2.26. The summed E-state index contributed by atoms with van der Waals surface area (Å²) in [4.78, 5) is 15.2. The Labute approximate surface area is 140 Å². The molecule has 0 aliphatic rings. The third kappa shape index (κ3) is 3.71. The summed E-state index contributed by atoms with van der Waals surface area (Å²) in [6, 6.07) is 3.93. The average molecular weight is 406 g/mol. The van der Waals surface area contributed by atoms with E-state index in [0.29, 0.717) is 20.9 Å². The first-order valence-corrected chi connectivity index (χ1v) is 7.76. The largest absolute Gasteiger partial charge is 0.755 e. The van der Waals surface area contributed by atoms with Gasteiger partial charge in [0.15, 0.2) is 0 Å². The lowest BCUT2D eigenvalue weighted by atomic mass is 10.2. The molecule has 10 heteroatoms. The molecule has 0 saturated carbocycles. The molecule has 0 radical (unpaired) electrons. The summed E-state index contributed by atoms with van der Waals surface area (Å²) in [6.45, 7) is 0. The van der Waals surface area contributed by atoms with Gasteiger partial charge in [0.05, 0.1) is 29.6 Å². The second kappa shape index (κ2) is 7.11. The van der Waals surface area contributed by atoms with Crippen molar-refractivity contribution >= 4 is 44.7 Å². The average Bonchev–Trinajstić information content (AvgIpc) is 2.51. The molecule has 1 aromatic heterocycles. The molecule has 0 bridgehead atoms. The third-order valence-corrected chi connectivity index (χ3v) is 3.88. The van der Waals surface area contributed by atoms with Gasteiger partial charge in [-0.3, -0.25) is 8.51 Å². The molecule has 2 rings (SSSR count). The second-order valence-corrected chi connectivity index (χ2v) is 5.84. The van der Waals surface area contributed by atoms with Gasteiger partial charge in [0.25, 0.3) is 0 Å². The van der Waals surface area contributed by atoms with Crippen LogP contribution in [0.25, 0.3) is 0 Å². The molecule has 0 aliphatic carbocycles. The molecule has 0 fully saturated rings. The van der Waals surface area contributed by atoms with Crippen molar-refractivity contribution in [3.8, 4) is 0 Å². The van der Waals surface area contributed by atoms with E-state index in [-0.39, 0.29) is 5.82 Å². The molecule has 1 atom stereocenters. The number of ether oxygens (including phenoxy) is 1. The summed E-state index contributed by atoms with van der Waals surface area (Å²) in [7, 11) is 1.01. The zero-order valence-corrected chi connectivity index (χ0v) is 13.9. The van der Waals surface area contributed by atoms with Crippen LogP contribution < -0.4 is 4.31 Å². The molecular weight excluding hydrogens is 398 g/mol. The molecule has 0 saturated heterocycles. The number of hydrogen-bond acceptors (Lipinski definition) is 5. The van der Waals surface area contributed by atoms with Crippen molar-refractivity contribution in [1.29, 1.82) is 0 Å². The summed E-state index contributed by atoms with van der Waals surface area (Å²) >= 11 is 0.160. The standard InChI is InChI=1S/C13H9BrF2N2O4S/c1-22-13(19)8-4-10(16)11(5-9(8)15)18(23(20)21)12-3-2-7(14)6-17-12/h2-6H,1H3,(H,20,21)/p-1. The molecule has 0 N–H and O–H groups in total. The number of pyridine rings is 1. The number of carbonyl (C=O) groups is 1. The number of halogens is 3. The van der Waals surface area contributed by atoms with Gasteiger partial charge in [-0.25, -0.2) is 18.6 Å². The number of carbonyl (C=O) groups excluding carboxylic acids is 1. The molecule has 1 unspecified atom stereocenters. The Balaban J connectivity index is 2.56. The smallest absolute Gasteiger partial charge is 0.340 e. The Kier molecular flexibility index (Phi) is 5.39. The van der Waals surface area contributed by atoms with Crippen molar-refractivity contribution in [3.05, 3.63) is 52.1 Å². The van der Waals surface area contributed by atoms with Crippen LogP contribution >= 0.6 is 15.9 Å². The summed E-state index contributed by atoms with van der Waals surface area (Å²) in [5.41, 5.74) is -1.26. The van der Waals surface area contributed by atoms with Crippen LogP contribution in [0.3, 0.4) is 0 Å². The molecule has 2 aromatic rings. The third-order valence-electron chi connectivity index (χ3n) is 2.73. The fourth-order valence-electron chi connectivity index (χ4n) is 1.73. The minimum absolute atomic E-state index is 0.148. The van der Waals surface area contributed by atoms with E-state index >= 15 is 0 Å². The van der Waals surface area contributed by atoms with Crippen LogP contribution in [0, 0.1) is 11.6 Å². The number of methoxy groups -OCH3 is 1. The van der Waals surface area contributed by atoms with Gasteiger partial charge < -0.3 is 9.29 Å².